The first-order valence-electron chi connectivity index (χ1n) is 11.2. The fourth-order valence-corrected chi connectivity index (χ4v) is 4.21. The van der Waals surface area contributed by atoms with E-state index in [4.69, 9.17) is 4.74 Å². The molecule has 1 saturated carbocycles. The van der Waals surface area contributed by atoms with Crippen LogP contribution in [-0.4, -0.2) is 31.0 Å². The van der Waals surface area contributed by atoms with Crippen LogP contribution in [0.5, 0.6) is 5.75 Å². The second-order valence-corrected chi connectivity index (χ2v) is 8.38. The Morgan fingerprint density at radius 1 is 1.03 bits per heavy atom. The van der Waals surface area contributed by atoms with Gasteiger partial charge in [0.25, 0.3) is 11.8 Å². The third kappa shape index (κ3) is 6.31. The van der Waals surface area contributed by atoms with E-state index in [1.54, 1.807) is 30.3 Å². The number of anilines is 2. The number of carbonyl (C=O) groups excluding carboxylic acids is 2. The van der Waals surface area contributed by atoms with Crippen LogP contribution in [0.2, 0.25) is 0 Å². The lowest BCUT2D eigenvalue weighted by atomic mass is 9.78. The van der Waals surface area contributed by atoms with Crippen molar-refractivity contribution in [3.8, 4) is 5.75 Å². The van der Waals surface area contributed by atoms with E-state index in [0.29, 0.717) is 48.0 Å². The largest absolute Gasteiger partial charge is 0.494 e. The van der Waals surface area contributed by atoms with Crippen molar-refractivity contribution in [2.24, 2.45) is 11.8 Å². The van der Waals surface area contributed by atoms with Crippen molar-refractivity contribution in [3.05, 3.63) is 54.1 Å². The molecular weight excluding hydrogens is 390 g/mol. The maximum atomic E-state index is 12.8. The molecule has 0 aromatic heterocycles. The van der Waals surface area contributed by atoms with Crippen LogP contribution in [0.4, 0.5) is 11.4 Å². The molecule has 2 amide bonds. The van der Waals surface area contributed by atoms with Crippen LogP contribution >= 0.6 is 0 Å². The zero-order chi connectivity index (χ0) is 22.2. The van der Waals surface area contributed by atoms with E-state index in [-0.39, 0.29) is 11.8 Å². The smallest absolute Gasteiger partial charge is 0.279 e. The molecule has 1 aliphatic rings. The molecule has 0 radical (unpaired) electrons. The fourth-order valence-electron chi connectivity index (χ4n) is 4.21. The molecule has 31 heavy (non-hydrogen) atoms. The summed E-state index contributed by atoms with van der Waals surface area (Å²) < 4.78 is 5.43. The minimum Gasteiger partial charge on any atom is -0.494 e. The van der Waals surface area contributed by atoms with Crippen molar-refractivity contribution >= 4 is 23.2 Å². The zero-order valence-electron chi connectivity index (χ0n) is 18.7. The van der Waals surface area contributed by atoms with Gasteiger partial charge in [-0.05, 0) is 68.5 Å². The lowest BCUT2D eigenvalue weighted by molar-refractivity contribution is -0.688. The molecule has 2 aromatic carbocycles. The molecule has 0 bridgehead atoms. The first-order valence-corrected chi connectivity index (χ1v) is 11.2. The highest BCUT2D eigenvalue weighted by Crippen LogP contribution is 2.27. The number of rotatable bonds is 8. The minimum absolute atomic E-state index is 0.0910. The van der Waals surface area contributed by atoms with E-state index in [0.717, 1.165) is 12.2 Å². The molecule has 3 atom stereocenters. The van der Waals surface area contributed by atoms with Crippen LogP contribution in [0, 0.1) is 11.8 Å². The van der Waals surface area contributed by atoms with Gasteiger partial charge in [0.1, 0.15) is 5.75 Å². The normalized spacial score (nSPS) is 20.7. The maximum absolute atomic E-state index is 12.8. The Hall–Kier alpha value is -2.86. The molecule has 0 heterocycles. The molecule has 2 aromatic rings. The van der Waals surface area contributed by atoms with E-state index in [2.05, 4.69) is 29.8 Å². The Kier molecular flexibility index (Phi) is 8.06. The van der Waals surface area contributed by atoms with Gasteiger partial charge in [0.2, 0.25) is 0 Å². The zero-order valence-corrected chi connectivity index (χ0v) is 18.7. The van der Waals surface area contributed by atoms with E-state index in [1.807, 2.05) is 25.1 Å². The van der Waals surface area contributed by atoms with E-state index in [1.165, 1.54) is 12.8 Å². The molecule has 1 aliphatic carbocycles. The van der Waals surface area contributed by atoms with Crippen molar-refractivity contribution in [1.82, 2.24) is 0 Å². The molecular formula is C25H34N3O3+. The maximum Gasteiger partial charge on any atom is 0.279 e. The Morgan fingerprint density at radius 2 is 1.77 bits per heavy atom. The van der Waals surface area contributed by atoms with Crippen molar-refractivity contribution in [3.63, 3.8) is 0 Å². The second-order valence-electron chi connectivity index (χ2n) is 8.38. The number of ether oxygens (including phenoxy) is 1. The molecule has 3 rings (SSSR count). The fraction of sp³-hybridized carbons (Fsp3) is 0.440. The SMILES string of the molecule is CCOc1ccc(NC(=O)c2ccccc2NC(=O)C[NH2+][C@@H]2CCC[C@H](C)[C@@H]2C)cc1. The summed E-state index contributed by atoms with van der Waals surface area (Å²) in [5.74, 6) is 1.70. The van der Waals surface area contributed by atoms with E-state index < -0.39 is 0 Å². The van der Waals surface area contributed by atoms with Gasteiger partial charge < -0.3 is 20.7 Å². The van der Waals surface area contributed by atoms with E-state index in [9.17, 15) is 9.59 Å². The van der Waals surface area contributed by atoms with Gasteiger partial charge in [-0.2, -0.15) is 0 Å². The van der Waals surface area contributed by atoms with Crippen molar-refractivity contribution < 1.29 is 19.6 Å². The number of nitrogens with two attached hydrogens (primary N) is 1. The average molecular weight is 425 g/mol. The molecule has 166 valence electrons. The Bertz CT molecular complexity index is 882. The van der Waals surface area contributed by atoms with Crippen molar-refractivity contribution in [2.75, 3.05) is 23.8 Å². The van der Waals surface area contributed by atoms with Crippen LogP contribution < -0.4 is 20.7 Å². The van der Waals surface area contributed by atoms with Crippen molar-refractivity contribution in [2.45, 2.75) is 46.1 Å². The van der Waals surface area contributed by atoms with Gasteiger partial charge in [-0.1, -0.05) is 26.0 Å². The van der Waals surface area contributed by atoms with Crippen LogP contribution in [0.15, 0.2) is 48.5 Å². The third-order valence-corrected chi connectivity index (χ3v) is 6.24. The van der Waals surface area contributed by atoms with Gasteiger partial charge in [-0.15, -0.1) is 0 Å². The Labute approximate surface area is 184 Å². The van der Waals surface area contributed by atoms with Gasteiger partial charge in [0, 0.05) is 11.6 Å². The molecule has 0 spiro atoms. The van der Waals surface area contributed by atoms with Gasteiger partial charge in [-0.25, -0.2) is 0 Å². The van der Waals surface area contributed by atoms with Crippen LogP contribution in [-0.2, 0) is 4.79 Å². The molecule has 4 N–H and O–H groups in total. The number of amides is 2. The minimum atomic E-state index is -0.265. The molecule has 1 fully saturated rings. The summed E-state index contributed by atoms with van der Waals surface area (Å²) in [7, 11) is 0. The number of carbonyl (C=O) groups is 2. The number of quaternary nitrogens is 1. The Morgan fingerprint density at radius 3 is 2.52 bits per heavy atom. The summed E-state index contributed by atoms with van der Waals surface area (Å²) in [6, 6.07) is 14.8. The topological polar surface area (TPSA) is 84.0 Å². The quantitative estimate of drug-likeness (QED) is 0.605. The van der Waals surface area contributed by atoms with Crippen molar-refractivity contribution in [1.29, 1.82) is 0 Å². The number of benzene rings is 2. The molecule has 6 nitrogen and oxygen atoms in total. The number of hydrogen-bond donors (Lipinski definition) is 3. The molecule has 0 aliphatic heterocycles. The van der Waals surface area contributed by atoms with Crippen LogP contribution in [0.25, 0.3) is 0 Å². The third-order valence-electron chi connectivity index (χ3n) is 6.24. The summed E-state index contributed by atoms with van der Waals surface area (Å²) in [4.78, 5) is 25.4. The summed E-state index contributed by atoms with van der Waals surface area (Å²) in [5, 5.41) is 7.95. The van der Waals surface area contributed by atoms with Gasteiger partial charge in [0.15, 0.2) is 6.54 Å². The first-order chi connectivity index (χ1) is 15.0. The Balaban J connectivity index is 1.59. The molecule has 0 saturated heterocycles. The predicted molar refractivity (Wildman–Crippen MR) is 123 cm³/mol. The standard InChI is InChI=1S/C25H33N3O3/c1-4-31-20-14-12-19(13-15-20)27-25(30)21-9-5-6-10-23(21)28-24(29)16-26-22-11-7-8-17(2)18(22)3/h5-6,9-10,12-15,17-18,22,26H,4,7-8,11,16H2,1-3H3,(H,27,30)(H,28,29)/p+1/t17-,18-,22+/m0/s1. The van der Waals surface area contributed by atoms with Crippen LogP contribution in [0.1, 0.15) is 50.4 Å². The van der Waals surface area contributed by atoms with E-state index >= 15 is 0 Å². The lowest BCUT2D eigenvalue weighted by Crippen LogP contribution is -2.93. The highest BCUT2D eigenvalue weighted by atomic mass is 16.5. The summed E-state index contributed by atoms with van der Waals surface area (Å²) in [6.45, 7) is 7.45. The predicted octanol–water partition coefficient (Wildman–Crippen LogP) is 3.66. The van der Waals surface area contributed by atoms with Gasteiger partial charge in [0.05, 0.1) is 23.9 Å². The number of para-hydroxylation sites is 1. The average Bonchev–Trinajstić information content (AvgIpc) is 2.76. The highest BCUT2D eigenvalue weighted by Gasteiger charge is 2.30. The summed E-state index contributed by atoms with van der Waals surface area (Å²) >= 11 is 0. The van der Waals surface area contributed by atoms with Gasteiger partial charge in [-0.3, -0.25) is 9.59 Å². The highest BCUT2D eigenvalue weighted by molar-refractivity contribution is 6.10. The number of hydrogen-bond acceptors (Lipinski definition) is 3. The first kappa shape index (κ1) is 22.8. The molecule has 0 unspecified atom stereocenters. The second kappa shape index (κ2) is 11.0. The summed E-state index contributed by atoms with van der Waals surface area (Å²) in [5.41, 5.74) is 1.63. The molecule has 6 heteroatoms. The van der Waals surface area contributed by atoms with Crippen LogP contribution in [0.3, 0.4) is 0 Å². The lowest BCUT2D eigenvalue weighted by Gasteiger charge is -2.31. The van der Waals surface area contributed by atoms with Gasteiger partial charge >= 0.3 is 0 Å². The number of nitrogens with one attached hydrogen (secondary N) is 2. The monoisotopic (exact) mass is 424 g/mol. The summed E-state index contributed by atoms with van der Waals surface area (Å²) in [6.07, 6.45) is 3.65.